The Labute approximate surface area is 108 Å². The molecular formula is C11H12N4O2S. The molecule has 0 fully saturated rings. The maximum atomic E-state index is 11.4. The second-order valence-electron chi connectivity index (χ2n) is 3.55. The molecule has 6 nitrogen and oxygen atoms in total. The van der Waals surface area contributed by atoms with Crippen LogP contribution in [-0.2, 0) is 4.74 Å². The number of hydrogen-bond donors (Lipinski definition) is 2. The van der Waals surface area contributed by atoms with Crippen molar-refractivity contribution < 1.29 is 9.53 Å². The highest BCUT2D eigenvalue weighted by molar-refractivity contribution is 7.99. The molecule has 7 heteroatoms. The molecular weight excluding hydrogens is 252 g/mol. The molecule has 0 aliphatic heterocycles. The number of aryl methyl sites for hydroxylation is 1. The van der Waals surface area contributed by atoms with Gasteiger partial charge >= 0.3 is 5.97 Å². The van der Waals surface area contributed by atoms with Crippen molar-refractivity contribution in [2.24, 2.45) is 0 Å². The van der Waals surface area contributed by atoms with E-state index in [0.717, 1.165) is 10.7 Å². The fourth-order valence-electron chi connectivity index (χ4n) is 1.33. The van der Waals surface area contributed by atoms with E-state index in [1.807, 2.05) is 6.92 Å². The molecule has 1 aromatic carbocycles. The fourth-order valence-corrected chi connectivity index (χ4v) is 2.18. The number of nitrogens with one attached hydrogen (secondary N) is 1. The normalized spacial score (nSPS) is 10.3. The van der Waals surface area contributed by atoms with Crippen LogP contribution in [0, 0.1) is 6.92 Å². The Balaban J connectivity index is 2.29. The van der Waals surface area contributed by atoms with E-state index in [1.165, 1.54) is 18.9 Å². The number of nitrogen functional groups attached to an aromatic ring is 1. The van der Waals surface area contributed by atoms with Gasteiger partial charge in [0.05, 0.1) is 12.7 Å². The summed E-state index contributed by atoms with van der Waals surface area (Å²) in [6.07, 6.45) is 0. The number of carbonyl (C=O) groups excluding carboxylic acids is 1. The standard InChI is InChI=1S/C11H12N4O2S/c1-6-13-11(15-14-6)18-9-5-7(10(16)17-2)3-4-8(9)12/h3-5H,12H2,1-2H3,(H,13,14,15). The third kappa shape index (κ3) is 2.62. The fraction of sp³-hybridized carbons (Fsp3) is 0.182. The lowest BCUT2D eigenvalue weighted by Gasteiger charge is -2.05. The Morgan fingerprint density at radius 1 is 1.50 bits per heavy atom. The summed E-state index contributed by atoms with van der Waals surface area (Å²) in [7, 11) is 1.34. The third-order valence-electron chi connectivity index (χ3n) is 2.21. The quantitative estimate of drug-likeness (QED) is 0.646. The minimum Gasteiger partial charge on any atom is -0.465 e. The zero-order valence-corrected chi connectivity index (χ0v) is 10.7. The molecule has 1 heterocycles. The number of carbonyl (C=O) groups is 1. The van der Waals surface area contributed by atoms with Gasteiger partial charge in [0.15, 0.2) is 0 Å². The van der Waals surface area contributed by atoms with Crippen LogP contribution in [-0.4, -0.2) is 28.3 Å². The summed E-state index contributed by atoms with van der Waals surface area (Å²) in [5.41, 5.74) is 6.86. The highest BCUT2D eigenvalue weighted by atomic mass is 32.2. The zero-order valence-electron chi connectivity index (χ0n) is 9.93. The molecule has 18 heavy (non-hydrogen) atoms. The Hall–Kier alpha value is -2.02. The van der Waals surface area contributed by atoms with Crippen molar-refractivity contribution in [3.63, 3.8) is 0 Å². The van der Waals surface area contributed by atoms with Crippen LogP contribution in [0.1, 0.15) is 16.2 Å². The van der Waals surface area contributed by atoms with Crippen molar-refractivity contribution in [3.8, 4) is 0 Å². The first kappa shape index (κ1) is 12.4. The summed E-state index contributed by atoms with van der Waals surface area (Å²) in [5, 5.41) is 7.30. The third-order valence-corrected chi connectivity index (χ3v) is 3.15. The van der Waals surface area contributed by atoms with Crippen LogP contribution in [0.15, 0.2) is 28.3 Å². The Morgan fingerprint density at radius 3 is 2.89 bits per heavy atom. The number of aromatic amines is 1. The number of methoxy groups -OCH3 is 1. The van der Waals surface area contributed by atoms with Crippen LogP contribution < -0.4 is 5.73 Å². The molecule has 0 amide bonds. The van der Waals surface area contributed by atoms with Gasteiger partial charge in [-0.2, -0.15) is 0 Å². The minimum atomic E-state index is -0.400. The molecule has 2 aromatic rings. The van der Waals surface area contributed by atoms with Gasteiger partial charge in [-0.05, 0) is 36.9 Å². The average Bonchev–Trinajstić information content (AvgIpc) is 2.76. The van der Waals surface area contributed by atoms with E-state index in [-0.39, 0.29) is 0 Å². The number of anilines is 1. The van der Waals surface area contributed by atoms with Crippen LogP contribution in [0.25, 0.3) is 0 Å². The molecule has 0 unspecified atom stereocenters. The van der Waals surface area contributed by atoms with Gasteiger partial charge in [-0.25, -0.2) is 9.78 Å². The van der Waals surface area contributed by atoms with Crippen LogP contribution >= 0.6 is 11.8 Å². The highest BCUT2D eigenvalue weighted by Crippen LogP contribution is 2.30. The monoisotopic (exact) mass is 264 g/mol. The summed E-state index contributed by atoms with van der Waals surface area (Å²) >= 11 is 1.29. The van der Waals surface area contributed by atoms with Crippen LogP contribution in [0.4, 0.5) is 5.69 Å². The topological polar surface area (TPSA) is 93.9 Å². The Morgan fingerprint density at radius 2 is 2.28 bits per heavy atom. The lowest BCUT2D eigenvalue weighted by Crippen LogP contribution is -2.02. The number of H-pyrrole nitrogens is 1. The summed E-state index contributed by atoms with van der Waals surface area (Å²) < 4.78 is 4.66. The highest BCUT2D eigenvalue weighted by Gasteiger charge is 2.11. The van der Waals surface area contributed by atoms with Gasteiger partial charge in [-0.1, -0.05) is 0 Å². The molecule has 0 saturated carbocycles. The van der Waals surface area contributed by atoms with Crippen LogP contribution in [0.5, 0.6) is 0 Å². The van der Waals surface area contributed by atoms with Gasteiger partial charge in [-0.15, -0.1) is 5.10 Å². The minimum absolute atomic E-state index is 0.400. The van der Waals surface area contributed by atoms with Crippen molar-refractivity contribution in [2.75, 3.05) is 12.8 Å². The Kier molecular flexibility index (Phi) is 3.52. The number of esters is 1. The van der Waals surface area contributed by atoms with Gasteiger partial charge < -0.3 is 10.5 Å². The summed E-state index contributed by atoms with van der Waals surface area (Å²) in [5.74, 6) is 0.322. The van der Waals surface area contributed by atoms with Gasteiger partial charge in [-0.3, -0.25) is 5.10 Å². The largest absolute Gasteiger partial charge is 0.465 e. The maximum Gasteiger partial charge on any atom is 0.337 e. The van der Waals surface area contributed by atoms with Gasteiger partial charge in [0.1, 0.15) is 5.82 Å². The van der Waals surface area contributed by atoms with E-state index in [2.05, 4.69) is 19.9 Å². The zero-order chi connectivity index (χ0) is 13.1. The number of aromatic nitrogens is 3. The first-order chi connectivity index (χ1) is 8.60. The average molecular weight is 264 g/mol. The van der Waals surface area contributed by atoms with E-state index in [0.29, 0.717) is 16.4 Å². The number of benzene rings is 1. The van der Waals surface area contributed by atoms with Crippen LogP contribution in [0.3, 0.4) is 0 Å². The number of rotatable bonds is 3. The predicted molar refractivity (Wildman–Crippen MR) is 67.4 cm³/mol. The van der Waals surface area contributed by atoms with Gasteiger partial charge in [0.2, 0.25) is 5.16 Å². The molecule has 0 saturated heterocycles. The smallest absolute Gasteiger partial charge is 0.337 e. The maximum absolute atomic E-state index is 11.4. The molecule has 94 valence electrons. The van der Waals surface area contributed by atoms with Crippen molar-refractivity contribution in [1.82, 2.24) is 15.2 Å². The first-order valence-electron chi connectivity index (χ1n) is 5.15. The first-order valence-corrected chi connectivity index (χ1v) is 5.96. The molecule has 2 rings (SSSR count). The number of hydrogen-bond acceptors (Lipinski definition) is 6. The number of ether oxygens (including phenoxy) is 1. The molecule has 0 bridgehead atoms. The molecule has 0 aliphatic rings. The van der Waals surface area contributed by atoms with E-state index in [1.54, 1.807) is 18.2 Å². The number of nitrogens with two attached hydrogens (primary N) is 1. The van der Waals surface area contributed by atoms with Gasteiger partial charge in [0.25, 0.3) is 0 Å². The molecule has 3 N–H and O–H groups in total. The molecule has 0 atom stereocenters. The van der Waals surface area contributed by atoms with E-state index < -0.39 is 5.97 Å². The number of nitrogens with zero attached hydrogens (tertiary/aromatic N) is 2. The van der Waals surface area contributed by atoms with E-state index in [9.17, 15) is 4.79 Å². The lowest BCUT2D eigenvalue weighted by molar-refractivity contribution is 0.0600. The van der Waals surface area contributed by atoms with Crippen molar-refractivity contribution >= 4 is 23.4 Å². The lowest BCUT2D eigenvalue weighted by atomic mass is 10.2. The van der Waals surface area contributed by atoms with E-state index in [4.69, 9.17) is 5.73 Å². The molecule has 0 spiro atoms. The van der Waals surface area contributed by atoms with Gasteiger partial charge in [0, 0.05) is 10.6 Å². The van der Waals surface area contributed by atoms with Crippen LogP contribution in [0.2, 0.25) is 0 Å². The molecule has 1 aromatic heterocycles. The second kappa shape index (κ2) is 5.09. The summed E-state index contributed by atoms with van der Waals surface area (Å²) in [6.45, 7) is 1.81. The summed E-state index contributed by atoms with van der Waals surface area (Å²) in [6, 6.07) is 4.94. The predicted octanol–water partition coefficient (Wildman–Crippen LogP) is 1.63. The Bertz CT molecular complexity index is 582. The molecule has 0 radical (unpaired) electrons. The van der Waals surface area contributed by atoms with Crippen molar-refractivity contribution in [3.05, 3.63) is 29.6 Å². The second-order valence-corrected chi connectivity index (χ2v) is 4.56. The van der Waals surface area contributed by atoms with Crippen molar-refractivity contribution in [1.29, 1.82) is 0 Å². The van der Waals surface area contributed by atoms with E-state index >= 15 is 0 Å². The molecule has 0 aliphatic carbocycles. The summed E-state index contributed by atoms with van der Waals surface area (Å²) in [4.78, 5) is 16.3. The van der Waals surface area contributed by atoms with Crippen molar-refractivity contribution in [2.45, 2.75) is 17.0 Å². The SMILES string of the molecule is COC(=O)c1ccc(N)c(Sc2n[nH]c(C)n2)c1.